The van der Waals surface area contributed by atoms with E-state index in [1.54, 1.807) is 66.7 Å². The van der Waals surface area contributed by atoms with Gasteiger partial charge in [-0.2, -0.15) is 0 Å². The van der Waals surface area contributed by atoms with Crippen molar-refractivity contribution in [2.24, 2.45) is 0 Å². The number of benzene rings is 3. The van der Waals surface area contributed by atoms with Crippen LogP contribution in [0, 0.1) is 0 Å². The van der Waals surface area contributed by atoms with Crippen molar-refractivity contribution in [3.63, 3.8) is 0 Å². The first kappa shape index (κ1) is 15.5. The zero-order valence-corrected chi connectivity index (χ0v) is 12.7. The fourth-order valence-corrected chi connectivity index (χ4v) is 2.29. The molecule has 0 saturated heterocycles. The van der Waals surface area contributed by atoms with Gasteiger partial charge in [0.05, 0.1) is 11.1 Å². The average Bonchev–Trinajstić information content (AvgIpc) is 2.63. The number of ether oxygens (including phenoxy) is 1. The van der Waals surface area contributed by atoms with Crippen molar-refractivity contribution in [1.82, 2.24) is 0 Å². The number of carboxylic acids is 1. The number of carbonyl (C=O) groups is 2. The van der Waals surface area contributed by atoms with Crippen LogP contribution in [0.1, 0.15) is 20.7 Å². The van der Waals surface area contributed by atoms with Crippen LogP contribution >= 0.6 is 0 Å². The lowest BCUT2D eigenvalue weighted by Gasteiger charge is -2.07. The maximum atomic E-state index is 12.0. The van der Waals surface area contributed by atoms with Gasteiger partial charge < -0.3 is 9.84 Å². The van der Waals surface area contributed by atoms with Crippen LogP contribution in [0.15, 0.2) is 78.9 Å². The molecule has 0 bridgehead atoms. The molecule has 0 radical (unpaired) electrons. The number of hydrogen-bond donors (Lipinski definition) is 1. The Balaban J connectivity index is 1.77. The molecule has 0 fully saturated rings. The summed E-state index contributed by atoms with van der Waals surface area (Å²) in [5.41, 5.74) is 2.34. The Morgan fingerprint density at radius 1 is 0.708 bits per heavy atom. The molecule has 0 aliphatic rings. The van der Waals surface area contributed by atoms with Crippen molar-refractivity contribution in [2.75, 3.05) is 0 Å². The minimum Gasteiger partial charge on any atom is -0.478 e. The fourth-order valence-electron chi connectivity index (χ4n) is 2.29. The van der Waals surface area contributed by atoms with Crippen molar-refractivity contribution >= 4 is 11.9 Å². The van der Waals surface area contributed by atoms with Gasteiger partial charge in [-0.1, -0.05) is 42.5 Å². The first-order chi connectivity index (χ1) is 11.6. The van der Waals surface area contributed by atoms with E-state index in [0.717, 1.165) is 11.1 Å². The van der Waals surface area contributed by atoms with E-state index in [1.807, 2.05) is 12.1 Å². The van der Waals surface area contributed by atoms with Crippen molar-refractivity contribution < 1.29 is 19.4 Å². The van der Waals surface area contributed by atoms with Gasteiger partial charge >= 0.3 is 11.9 Å². The van der Waals surface area contributed by atoms with E-state index in [2.05, 4.69) is 0 Å². The SMILES string of the molecule is O=C(O)c1cccc(-c2ccc(OC(=O)c3ccccc3)cc2)c1. The smallest absolute Gasteiger partial charge is 0.343 e. The highest BCUT2D eigenvalue weighted by atomic mass is 16.5. The molecule has 0 spiro atoms. The van der Waals surface area contributed by atoms with E-state index >= 15 is 0 Å². The number of carboxylic acid groups (broad SMARTS) is 1. The topological polar surface area (TPSA) is 63.6 Å². The van der Waals surface area contributed by atoms with E-state index in [4.69, 9.17) is 9.84 Å². The minimum atomic E-state index is -0.967. The minimum absolute atomic E-state index is 0.229. The highest BCUT2D eigenvalue weighted by molar-refractivity contribution is 5.91. The standard InChI is InChI=1S/C20H14O4/c21-19(22)17-8-4-7-16(13-17)14-9-11-18(12-10-14)24-20(23)15-5-2-1-3-6-15/h1-13H,(H,21,22). The zero-order valence-electron chi connectivity index (χ0n) is 12.7. The van der Waals surface area contributed by atoms with E-state index in [1.165, 1.54) is 0 Å². The predicted octanol–water partition coefficient (Wildman–Crippen LogP) is 4.27. The second-order valence-electron chi connectivity index (χ2n) is 5.17. The number of carbonyl (C=O) groups excluding carboxylic acids is 1. The summed E-state index contributed by atoms with van der Waals surface area (Å²) < 4.78 is 5.32. The molecule has 3 rings (SSSR count). The highest BCUT2D eigenvalue weighted by Gasteiger charge is 2.08. The third-order valence-corrected chi connectivity index (χ3v) is 3.52. The zero-order chi connectivity index (χ0) is 16.9. The Hall–Kier alpha value is -3.40. The van der Waals surface area contributed by atoms with E-state index in [0.29, 0.717) is 11.3 Å². The number of aromatic carboxylic acids is 1. The number of esters is 1. The van der Waals surface area contributed by atoms with Crippen LogP contribution in [0.3, 0.4) is 0 Å². The van der Waals surface area contributed by atoms with E-state index in [9.17, 15) is 9.59 Å². The van der Waals surface area contributed by atoms with Crippen molar-refractivity contribution in [3.8, 4) is 16.9 Å². The summed E-state index contributed by atoms with van der Waals surface area (Å²) >= 11 is 0. The second-order valence-corrected chi connectivity index (χ2v) is 5.17. The number of rotatable bonds is 4. The van der Waals surface area contributed by atoms with E-state index in [-0.39, 0.29) is 5.56 Å². The van der Waals surface area contributed by atoms with Gasteiger partial charge in [-0.15, -0.1) is 0 Å². The maximum Gasteiger partial charge on any atom is 0.343 e. The quantitative estimate of drug-likeness (QED) is 0.576. The lowest BCUT2D eigenvalue weighted by Crippen LogP contribution is -2.07. The molecule has 4 heteroatoms. The third-order valence-electron chi connectivity index (χ3n) is 3.52. The van der Waals surface area contributed by atoms with Crippen molar-refractivity contribution in [3.05, 3.63) is 90.0 Å². The molecule has 0 atom stereocenters. The maximum absolute atomic E-state index is 12.0. The first-order valence-electron chi connectivity index (χ1n) is 7.34. The molecule has 4 nitrogen and oxygen atoms in total. The summed E-state index contributed by atoms with van der Waals surface area (Å²) in [4.78, 5) is 23.0. The van der Waals surface area contributed by atoms with Crippen LogP contribution in [0.2, 0.25) is 0 Å². The molecular weight excluding hydrogens is 304 g/mol. The van der Waals surface area contributed by atoms with Crippen LogP contribution in [0.5, 0.6) is 5.75 Å². The Morgan fingerprint density at radius 2 is 1.38 bits per heavy atom. The second kappa shape index (κ2) is 6.79. The summed E-state index contributed by atoms with van der Waals surface area (Å²) in [6.45, 7) is 0. The fraction of sp³-hybridized carbons (Fsp3) is 0. The monoisotopic (exact) mass is 318 g/mol. The lowest BCUT2D eigenvalue weighted by molar-refractivity contribution is 0.0694. The molecule has 0 aromatic heterocycles. The molecular formula is C20H14O4. The van der Waals surface area contributed by atoms with Gasteiger partial charge in [-0.25, -0.2) is 9.59 Å². The summed E-state index contributed by atoms with van der Waals surface area (Å²) in [5, 5.41) is 9.05. The normalized spacial score (nSPS) is 10.2. The molecule has 24 heavy (non-hydrogen) atoms. The molecule has 0 saturated carbocycles. The molecule has 118 valence electrons. The number of hydrogen-bond acceptors (Lipinski definition) is 3. The van der Waals surface area contributed by atoms with Gasteiger partial charge in [0, 0.05) is 0 Å². The molecule has 0 amide bonds. The third kappa shape index (κ3) is 3.50. The van der Waals surface area contributed by atoms with Crippen LogP contribution in [-0.4, -0.2) is 17.0 Å². The first-order valence-corrected chi connectivity index (χ1v) is 7.34. The lowest BCUT2D eigenvalue weighted by atomic mass is 10.0. The van der Waals surface area contributed by atoms with Gasteiger partial charge in [0.2, 0.25) is 0 Å². The average molecular weight is 318 g/mol. The van der Waals surface area contributed by atoms with Crippen LogP contribution in [-0.2, 0) is 0 Å². The predicted molar refractivity (Wildman–Crippen MR) is 90.2 cm³/mol. The van der Waals surface area contributed by atoms with Crippen molar-refractivity contribution in [1.29, 1.82) is 0 Å². The Bertz CT molecular complexity index is 868. The van der Waals surface area contributed by atoms with Gasteiger partial charge in [0.15, 0.2) is 0 Å². The van der Waals surface area contributed by atoms with Gasteiger partial charge in [-0.05, 0) is 47.5 Å². The van der Waals surface area contributed by atoms with Crippen molar-refractivity contribution in [2.45, 2.75) is 0 Å². The Labute approximate surface area is 139 Å². The summed E-state index contributed by atoms with van der Waals surface area (Å²) in [6, 6.07) is 22.4. The van der Waals surface area contributed by atoms with Gasteiger partial charge in [0.25, 0.3) is 0 Å². The largest absolute Gasteiger partial charge is 0.478 e. The van der Waals surface area contributed by atoms with Gasteiger partial charge in [0.1, 0.15) is 5.75 Å². The van der Waals surface area contributed by atoms with Crippen LogP contribution < -0.4 is 4.74 Å². The molecule has 0 heterocycles. The molecule has 1 N–H and O–H groups in total. The highest BCUT2D eigenvalue weighted by Crippen LogP contribution is 2.24. The Morgan fingerprint density at radius 3 is 2.04 bits per heavy atom. The molecule has 0 aliphatic carbocycles. The Kier molecular flexibility index (Phi) is 4.38. The van der Waals surface area contributed by atoms with Crippen LogP contribution in [0.4, 0.5) is 0 Å². The van der Waals surface area contributed by atoms with Crippen LogP contribution in [0.25, 0.3) is 11.1 Å². The molecule has 3 aromatic rings. The summed E-state index contributed by atoms with van der Waals surface area (Å²) in [7, 11) is 0. The summed E-state index contributed by atoms with van der Waals surface area (Å²) in [6.07, 6.45) is 0. The molecule has 3 aromatic carbocycles. The molecule has 0 aliphatic heterocycles. The van der Waals surface area contributed by atoms with Gasteiger partial charge in [-0.3, -0.25) is 0 Å². The molecule has 0 unspecified atom stereocenters. The summed E-state index contributed by atoms with van der Waals surface area (Å²) in [5.74, 6) is -0.955. The van der Waals surface area contributed by atoms with E-state index < -0.39 is 11.9 Å².